The van der Waals surface area contributed by atoms with Crippen molar-refractivity contribution in [3.8, 4) is 0 Å². The van der Waals surface area contributed by atoms with Crippen molar-refractivity contribution in [3.63, 3.8) is 0 Å². The second-order valence-corrected chi connectivity index (χ2v) is 5.04. The number of hydrogen-bond donors (Lipinski definition) is 2. The van der Waals surface area contributed by atoms with E-state index < -0.39 is 12.2 Å². The maximum atomic E-state index is 9.91. The van der Waals surface area contributed by atoms with Crippen LogP contribution in [-0.2, 0) is 14.2 Å². The molecule has 3 rings (SSSR count). The maximum absolute atomic E-state index is 9.91. The van der Waals surface area contributed by atoms with Crippen LogP contribution in [0.15, 0.2) is 0 Å². The van der Waals surface area contributed by atoms with Gasteiger partial charge in [0.15, 0.2) is 12.6 Å². The minimum Gasteiger partial charge on any atom is -0.390 e. The van der Waals surface area contributed by atoms with E-state index in [2.05, 4.69) is 0 Å². The highest BCUT2D eigenvalue weighted by molar-refractivity contribution is 5.09. The molecule has 1 aliphatic heterocycles. The number of fused-ring (bicyclic) bond motifs is 5. The molecule has 1 saturated heterocycles. The van der Waals surface area contributed by atoms with Crippen molar-refractivity contribution in [1.29, 1.82) is 0 Å². The lowest BCUT2D eigenvalue weighted by atomic mass is 9.77. The first kappa shape index (κ1) is 10.9. The van der Waals surface area contributed by atoms with E-state index in [9.17, 15) is 10.2 Å². The first-order valence-electron chi connectivity index (χ1n) is 5.76. The summed E-state index contributed by atoms with van der Waals surface area (Å²) in [5.41, 5.74) is 0. The predicted octanol–water partition coefficient (Wildman–Crippen LogP) is -0.435. The van der Waals surface area contributed by atoms with Gasteiger partial charge in [0.2, 0.25) is 0 Å². The molecule has 8 atom stereocenters. The quantitative estimate of drug-likeness (QED) is 0.673. The molecule has 0 amide bonds. The van der Waals surface area contributed by atoms with Gasteiger partial charge in [-0.3, -0.25) is 0 Å². The summed E-state index contributed by atoms with van der Waals surface area (Å²) in [6, 6.07) is 0. The third-order valence-corrected chi connectivity index (χ3v) is 4.57. The fourth-order valence-electron chi connectivity index (χ4n) is 3.95. The van der Waals surface area contributed by atoms with E-state index >= 15 is 0 Å². The summed E-state index contributed by atoms with van der Waals surface area (Å²) >= 11 is 0. The van der Waals surface area contributed by atoms with Crippen LogP contribution in [0.25, 0.3) is 0 Å². The molecule has 0 aromatic rings. The third kappa shape index (κ3) is 1.18. The molecular weight excluding hydrogens is 212 g/mol. The predicted molar refractivity (Wildman–Crippen MR) is 53.3 cm³/mol. The highest BCUT2D eigenvalue weighted by Gasteiger charge is 2.65. The summed E-state index contributed by atoms with van der Waals surface area (Å²) in [6.45, 7) is 0. The SMILES string of the molecule is CO[C@@H]1O[C@H](OC)[C@@H]2[C@H]3C[C@@H]([C@H](O)[C@H]3O)[C@@H]12. The Morgan fingerprint density at radius 2 is 1.38 bits per heavy atom. The molecule has 0 aromatic heterocycles. The molecule has 3 aliphatic rings. The topological polar surface area (TPSA) is 68.2 Å². The van der Waals surface area contributed by atoms with Crippen molar-refractivity contribution in [2.45, 2.75) is 31.2 Å². The van der Waals surface area contributed by atoms with E-state index in [1.807, 2.05) is 0 Å². The normalized spacial score (nSPS) is 59.2. The van der Waals surface area contributed by atoms with Crippen molar-refractivity contribution in [1.82, 2.24) is 0 Å². The molecular formula is C11H18O5. The van der Waals surface area contributed by atoms with Gasteiger partial charge in [-0.1, -0.05) is 0 Å². The first-order chi connectivity index (χ1) is 7.69. The number of aliphatic hydroxyl groups excluding tert-OH is 2. The zero-order valence-corrected chi connectivity index (χ0v) is 9.45. The van der Waals surface area contributed by atoms with Crippen LogP contribution in [0.4, 0.5) is 0 Å². The molecule has 2 N–H and O–H groups in total. The van der Waals surface area contributed by atoms with Gasteiger partial charge in [-0.25, -0.2) is 0 Å². The first-order valence-corrected chi connectivity index (χ1v) is 5.76. The molecule has 92 valence electrons. The number of methoxy groups -OCH3 is 2. The highest BCUT2D eigenvalue weighted by atomic mass is 16.8. The van der Waals surface area contributed by atoms with Crippen LogP contribution >= 0.6 is 0 Å². The second-order valence-electron chi connectivity index (χ2n) is 5.04. The van der Waals surface area contributed by atoms with Crippen LogP contribution in [-0.4, -0.2) is 49.2 Å². The Hall–Kier alpha value is -0.200. The highest BCUT2D eigenvalue weighted by Crippen LogP contribution is 2.59. The molecule has 0 radical (unpaired) electrons. The molecule has 0 spiro atoms. The average Bonchev–Trinajstić information content (AvgIpc) is 2.90. The Bertz CT molecular complexity index is 258. The lowest BCUT2D eigenvalue weighted by Gasteiger charge is -2.33. The zero-order valence-electron chi connectivity index (χ0n) is 9.45. The van der Waals surface area contributed by atoms with Gasteiger partial charge < -0.3 is 24.4 Å². The summed E-state index contributed by atoms with van der Waals surface area (Å²) in [7, 11) is 3.21. The van der Waals surface area contributed by atoms with E-state index in [4.69, 9.17) is 14.2 Å². The number of ether oxygens (including phenoxy) is 3. The van der Waals surface area contributed by atoms with Crippen LogP contribution < -0.4 is 0 Å². The Kier molecular flexibility index (Phi) is 2.49. The van der Waals surface area contributed by atoms with Crippen molar-refractivity contribution in [2.75, 3.05) is 14.2 Å². The van der Waals surface area contributed by atoms with E-state index in [0.29, 0.717) is 0 Å². The number of aliphatic hydroxyl groups is 2. The van der Waals surface area contributed by atoms with Crippen molar-refractivity contribution < 1.29 is 24.4 Å². The van der Waals surface area contributed by atoms with Crippen LogP contribution in [0.5, 0.6) is 0 Å². The van der Waals surface area contributed by atoms with Crippen molar-refractivity contribution in [3.05, 3.63) is 0 Å². The van der Waals surface area contributed by atoms with Crippen molar-refractivity contribution in [2.24, 2.45) is 23.7 Å². The van der Waals surface area contributed by atoms with Gasteiger partial charge in [0.1, 0.15) is 0 Å². The molecule has 2 bridgehead atoms. The Morgan fingerprint density at radius 3 is 1.75 bits per heavy atom. The molecule has 5 nitrogen and oxygen atoms in total. The summed E-state index contributed by atoms with van der Waals surface area (Å²) in [5, 5.41) is 19.8. The van der Waals surface area contributed by atoms with Gasteiger partial charge >= 0.3 is 0 Å². The van der Waals surface area contributed by atoms with Crippen molar-refractivity contribution >= 4 is 0 Å². The Balaban J connectivity index is 1.89. The fourth-order valence-corrected chi connectivity index (χ4v) is 3.95. The molecule has 5 heteroatoms. The summed E-state index contributed by atoms with van der Waals surface area (Å²) in [4.78, 5) is 0. The van der Waals surface area contributed by atoms with Crippen LogP contribution in [0.2, 0.25) is 0 Å². The summed E-state index contributed by atoms with van der Waals surface area (Å²) in [5.74, 6) is 0.460. The van der Waals surface area contributed by atoms with Crippen LogP contribution in [0, 0.1) is 23.7 Å². The molecule has 0 aromatic carbocycles. The molecule has 16 heavy (non-hydrogen) atoms. The minimum atomic E-state index is -0.636. The third-order valence-electron chi connectivity index (χ3n) is 4.57. The molecule has 3 fully saturated rings. The van der Waals surface area contributed by atoms with Gasteiger partial charge in [-0.05, 0) is 18.3 Å². The molecule has 0 unspecified atom stereocenters. The standard InChI is InChI=1S/C11H18O5/c1-14-10-6-4-3-5(9(13)8(4)12)7(6)11(15-2)16-10/h4-13H,3H2,1-2H3/t4-,5-,6-,7-,8+,9+,10-,11+/m1/s1. The maximum Gasteiger partial charge on any atom is 0.163 e. The lowest BCUT2D eigenvalue weighted by Crippen LogP contribution is -2.44. The van der Waals surface area contributed by atoms with Gasteiger partial charge in [0.05, 0.1) is 12.2 Å². The smallest absolute Gasteiger partial charge is 0.163 e. The van der Waals surface area contributed by atoms with Gasteiger partial charge in [-0.2, -0.15) is 0 Å². The second kappa shape index (κ2) is 3.65. The Morgan fingerprint density at radius 1 is 0.938 bits per heavy atom. The summed E-state index contributed by atoms with van der Waals surface area (Å²) in [6.07, 6.45) is -1.05. The summed E-state index contributed by atoms with van der Waals surface area (Å²) < 4.78 is 16.2. The number of rotatable bonds is 2. The van der Waals surface area contributed by atoms with E-state index in [1.54, 1.807) is 14.2 Å². The largest absolute Gasteiger partial charge is 0.390 e. The van der Waals surface area contributed by atoms with Gasteiger partial charge in [0.25, 0.3) is 0 Å². The monoisotopic (exact) mass is 230 g/mol. The van der Waals surface area contributed by atoms with Crippen LogP contribution in [0.3, 0.4) is 0 Å². The van der Waals surface area contributed by atoms with Gasteiger partial charge in [0, 0.05) is 26.1 Å². The minimum absolute atomic E-state index is 0.0788. The fraction of sp³-hybridized carbons (Fsp3) is 1.00. The molecule has 2 saturated carbocycles. The molecule has 2 aliphatic carbocycles. The van der Waals surface area contributed by atoms with E-state index in [-0.39, 0.29) is 36.3 Å². The Labute approximate surface area is 94.3 Å². The number of hydrogen-bond acceptors (Lipinski definition) is 5. The molecule has 1 heterocycles. The zero-order chi connectivity index (χ0) is 11.4. The van der Waals surface area contributed by atoms with Gasteiger partial charge in [-0.15, -0.1) is 0 Å². The van der Waals surface area contributed by atoms with Crippen LogP contribution in [0.1, 0.15) is 6.42 Å². The van der Waals surface area contributed by atoms with E-state index in [0.717, 1.165) is 6.42 Å². The van der Waals surface area contributed by atoms with E-state index in [1.165, 1.54) is 0 Å². The average molecular weight is 230 g/mol. The lowest BCUT2D eigenvalue weighted by molar-refractivity contribution is -0.203.